The standard InChI is InChI=1S/C24H24N4O2S2/c1-27(16-18-9-6-7-13-21(18)30-2)23(29)17-32-24-26-25-22(15-20-12-8-14-31-20)28(24)19-10-4-3-5-11-19/h3-14H,15-17H2,1-2H3. The van der Waals surface area contributed by atoms with Gasteiger partial charge < -0.3 is 9.64 Å². The van der Waals surface area contributed by atoms with Crippen LogP contribution in [0.5, 0.6) is 5.75 Å². The van der Waals surface area contributed by atoms with Gasteiger partial charge in [-0.15, -0.1) is 21.5 Å². The minimum atomic E-state index is 0.0170. The Morgan fingerprint density at radius 1 is 1.06 bits per heavy atom. The van der Waals surface area contributed by atoms with Gasteiger partial charge in [0.25, 0.3) is 0 Å². The lowest BCUT2D eigenvalue weighted by Crippen LogP contribution is -2.28. The molecule has 0 bridgehead atoms. The highest BCUT2D eigenvalue weighted by Crippen LogP contribution is 2.25. The number of amides is 1. The van der Waals surface area contributed by atoms with Crippen molar-refractivity contribution in [2.75, 3.05) is 19.9 Å². The van der Waals surface area contributed by atoms with Gasteiger partial charge in [0, 0.05) is 36.1 Å². The van der Waals surface area contributed by atoms with Crippen LogP contribution < -0.4 is 4.74 Å². The molecule has 1 amide bonds. The molecule has 0 fully saturated rings. The summed E-state index contributed by atoms with van der Waals surface area (Å²) in [5.41, 5.74) is 1.96. The summed E-state index contributed by atoms with van der Waals surface area (Å²) in [6.07, 6.45) is 0.696. The van der Waals surface area contributed by atoms with Gasteiger partial charge in [-0.1, -0.05) is 54.2 Å². The first-order valence-electron chi connectivity index (χ1n) is 10.2. The maximum Gasteiger partial charge on any atom is 0.233 e. The minimum Gasteiger partial charge on any atom is -0.496 e. The van der Waals surface area contributed by atoms with Crippen molar-refractivity contribution >= 4 is 29.0 Å². The normalized spacial score (nSPS) is 10.8. The number of benzene rings is 2. The van der Waals surface area contributed by atoms with Crippen molar-refractivity contribution in [3.05, 3.63) is 88.4 Å². The fraction of sp³-hybridized carbons (Fsp3) is 0.208. The molecule has 8 heteroatoms. The third-order valence-electron chi connectivity index (χ3n) is 4.98. The van der Waals surface area contributed by atoms with E-state index in [0.717, 1.165) is 22.8 Å². The number of rotatable bonds is 9. The molecule has 2 heterocycles. The van der Waals surface area contributed by atoms with E-state index in [9.17, 15) is 4.79 Å². The monoisotopic (exact) mass is 464 g/mol. The molecule has 0 aliphatic rings. The predicted octanol–water partition coefficient (Wildman–Crippen LogP) is 4.68. The van der Waals surface area contributed by atoms with E-state index in [1.165, 1.54) is 16.6 Å². The summed E-state index contributed by atoms with van der Waals surface area (Å²) < 4.78 is 7.44. The van der Waals surface area contributed by atoms with Crippen molar-refractivity contribution in [2.45, 2.75) is 18.1 Å². The Morgan fingerprint density at radius 2 is 1.84 bits per heavy atom. The summed E-state index contributed by atoms with van der Waals surface area (Å²) in [6, 6.07) is 21.9. The Balaban J connectivity index is 1.49. The maximum atomic E-state index is 12.8. The van der Waals surface area contributed by atoms with E-state index in [0.29, 0.717) is 18.1 Å². The van der Waals surface area contributed by atoms with Gasteiger partial charge in [0.15, 0.2) is 5.16 Å². The largest absolute Gasteiger partial charge is 0.496 e. The molecule has 0 radical (unpaired) electrons. The van der Waals surface area contributed by atoms with Crippen LogP contribution in [0.25, 0.3) is 5.69 Å². The van der Waals surface area contributed by atoms with Crippen molar-refractivity contribution in [3.8, 4) is 11.4 Å². The summed E-state index contributed by atoms with van der Waals surface area (Å²) in [5, 5.41) is 11.6. The maximum absolute atomic E-state index is 12.8. The second-order valence-corrected chi connectivity index (χ2v) is 9.15. The predicted molar refractivity (Wildman–Crippen MR) is 129 cm³/mol. The zero-order valence-electron chi connectivity index (χ0n) is 18.0. The van der Waals surface area contributed by atoms with Crippen molar-refractivity contribution < 1.29 is 9.53 Å². The Morgan fingerprint density at radius 3 is 2.59 bits per heavy atom. The van der Waals surface area contributed by atoms with Crippen LogP contribution in [-0.2, 0) is 17.8 Å². The van der Waals surface area contributed by atoms with Gasteiger partial charge >= 0.3 is 0 Å². The molecule has 2 aromatic carbocycles. The average molecular weight is 465 g/mol. The van der Waals surface area contributed by atoms with E-state index < -0.39 is 0 Å². The highest BCUT2D eigenvalue weighted by Gasteiger charge is 2.18. The Labute approximate surface area is 195 Å². The first kappa shape index (κ1) is 22.1. The number of carbonyl (C=O) groups is 1. The van der Waals surface area contributed by atoms with Crippen LogP contribution in [0, 0.1) is 0 Å². The van der Waals surface area contributed by atoms with Crippen molar-refractivity contribution in [1.82, 2.24) is 19.7 Å². The number of hydrogen-bond donors (Lipinski definition) is 0. The summed E-state index contributed by atoms with van der Waals surface area (Å²) in [7, 11) is 3.44. The number of thiophene rings is 1. The average Bonchev–Trinajstić information content (AvgIpc) is 3.48. The molecule has 0 saturated carbocycles. The van der Waals surface area contributed by atoms with Gasteiger partial charge in [-0.05, 0) is 29.6 Å². The van der Waals surface area contributed by atoms with Crippen LogP contribution in [-0.4, -0.2) is 45.5 Å². The molecular formula is C24H24N4O2S2. The highest BCUT2D eigenvalue weighted by molar-refractivity contribution is 7.99. The lowest BCUT2D eigenvalue weighted by Gasteiger charge is -2.18. The molecule has 0 unspecified atom stereocenters. The lowest BCUT2D eigenvalue weighted by atomic mass is 10.2. The first-order valence-corrected chi connectivity index (χ1v) is 12.0. The number of carbonyl (C=O) groups excluding carboxylic acids is 1. The molecule has 6 nitrogen and oxygen atoms in total. The summed E-state index contributed by atoms with van der Waals surface area (Å²) >= 11 is 3.10. The van der Waals surface area contributed by atoms with E-state index in [4.69, 9.17) is 4.74 Å². The number of para-hydroxylation sites is 2. The highest BCUT2D eigenvalue weighted by atomic mass is 32.2. The van der Waals surface area contributed by atoms with E-state index in [2.05, 4.69) is 21.6 Å². The fourth-order valence-electron chi connectivity index (χ4n) is 3.33. The molecule has 0 spiro atoms. The van der Waals surface area contributed by atoms with Gasteiger partial charge in [0.1, 0.15) is 11.6 Å². The van der Waals surface area contributed by atoms with Gasteiger partial charge in [-0.3, -0.25) is 9.36 Å². The molecule has 0 aliphatic heterocycles. The number of methoxy groups -OCH3 is 1. The SMILES string of the molecule is COc1ccccc1CN(C)C(=O)CSc1nnc(Cc2cccs2)n1-c1ccccc1. The van der Waals surface area contributed by atoms with E-state index in [1.54, 1.807) is 30.4 Å². The van der Waals surface area contributed by atoms with Crippen molar-refractivity contribution in [1.29, 1.82) is 0 Å². The third kappa shape index (κ3) is 5.20. The molecule has 4 aromatic rings. The van der Waals surface area contributed by atoms with Crippen LogP contribution in [0.15, 0.2) is 77.3 Å². The number of hydrogen-bond acceptors (Lipinski definition) is 6. The molecule has 0 atom stereocenters. The second-order valence-electron chi connectivity index (χ2n) is 7.18. The molecule has 4 rings (SSSR count). The zero-order chi connectivity index (χ0) is 22.3. The van der Waals surface area contributed by atoms with Gasteiger partial charge in [0.2, 0.25) is 5.91 Å². The molecule has 0 saturated heterocycles. The molecule has 32 heavy (non-hydrogen) atoms. The summed E-state index contributed by atoms with van der Waals surface area (Å²) in [5.74, 6) is 1.93. The van der Waals surface area contributed by atoms with Crippen molar-refractivity contribution in [2.24, 2.45) is 0 Å². The van der Waals surface area contributed by atoms with Gasteiger partial charge in [-0.25, -0.2) is 0 Å². The van der Waals surface area contributed by atoms with E-state index in [1.807, 2.05) is 65.2 Å². The number of thioether (sulfide) groups is 1. The van der Waals surface area contributed by atoms with Crippen LogP contribution in [0.3, 0.4) is 0 Å². The fourth-order valence-corrected chi connectivity index (χ4v) is 4.94. The van der Waals surface area contributed by atoms with Crippen LogP contribution >= 0.6 is 23.1 Å². The molecule has 0 aliphatic carbocycles. The van der Waals surface area contributed by atoms with Crippen LogP contribution in [0.2, 0.25) is 0 Å². The molecule has 2 aromatic heterocycles. The molecular weight excluding hydrogens is 440 g/mol. The quantitative estimate of drug-likeness (QED) is 0.337. The minimum absolute atomic E-state index is 0.0170. The number of ether oxygens (including phenoxy) is 1. The Hall–Kier alpha value is -3.10. The van der Waals surface area contributed by atoms with Gasteiger partial charge in [0.05, 0.1) is 12.9 Å². The third-order valence-corrected chi connectivity index (χ3v) is 6.77. The van der Waals surface area contributed by atoms with Gasteiger partial charge in [-0.2, -0.15) is 0 Å². The zero-order valence-corrected chi connectivity index (χ0v) is 19.6. The summed E-state index contributed by atoms with van der Waals surface area (Å²) in [4.78, 5) is 15.8. The van der Waals surface area contributed by atoms with Crippen LogP contribution in [0.4, 0.5) is 0 Å². The number of nitrogens with zero attached hydrogens (tertiary/aromatic N) is 4. The Bertz CT molecular complexity index is 1160. The molecule has 0 N–H and O–H groups in total. The second kappa shape index (κ2) is 10.5. The van der Waals surface area contributed by atoms with Crippen molar-refractivity contribution in [3.63, 3.8) is 0 Å². The topological polar surface area (TPSA) is 60.2 Å². The van der Waals surface area contributed by atoms with E-state index >= 15 is 0 Å². The number of aromatic nitrogens is 3. The van der Waals surface area contributed by atoms with Crippen LogP contribution in [0.1, 0.15) is 16.3 Å². The first-order chi connectivity index (χ1) is 15.7. The smallest absolute Gasteiger partial charge is 0.233 e. The summed E-state index contributed by atoms with van der Waals surface area (Å²) in [6.45, 7) is 0.485. The Kier molecular flexibility index (Phi) is 7.24. The van der Waals surface area contributed by atoms with E-state index in [-0.39, 0.29) is 11.7 Å². The lowest BCUT2D eigenvalue weighted by molar-refractivity contribution is -0.127. The molecule has 164 valence electrons.